The van der Waals surface area contributed by atoms with Crippen LogP contribution in [-0.2, 0) is 9.47 Å². The SMILES string of the molecule is CC(C)OCCOCCCC(C)(CO)NC1CC1. The maximum atomic E-state index is 9.44. The summed E-state index contributed by atoms with van der Waals surface area (Å²) in [5.74, 6) is 0. The molecule has 0 aliphatic heterocycles. The summed E-state index contributed by atoms with van der Waals surface area (Å²) in [6.07, 6.45) is 4.69. The minimum absolute atomic E-state index is 0.140. The first-order chi connectivity index (χ1) is 8.56. The number of hydrogen-bond acceptors (Lipinski definition) is 4. The maximum Gasteiger partial charge on any atom is 0.0703 e. The second-order valence-electron chi connectivity index (χ2n) is 5.77. The molecule has 4 heteroatoms. The number of aliphatic hydroxyl groups is 1. The highest BCUT2D eigenvalue weighted by Gasteiger charge is 2.31. The molecule has 1 saturated carbocycles. The van der Waals surface area contributed by atoms with Gasteiger partial charge < -0.3 is 19.9 Å². The lowest BCUT2D eigenvalue weighted by molar-refractivity contribution is 0.0167. The van der Waals surface area contributed by atoms with Gasteiger partial charge in [-0.05, 0) is 46.5 Å². The maximum absolute atomic E-state index is 9.44. The van der Waals surface area contributed by atoms with Crippen LogP contribution in [0.2, 0.25) is 0 Å². The van der Waals surface area contributed by atoms with Crippen LogP contribution in [0.4, 0.5) is 0 Å². The van der Waals surface area contributed by atoms with Gasteiger partial charge >= 0.3 is 0 Å². The number of ether oxygens (including phenoxy) is 2. The lowest BCUT2D eigenvalue weighted by Crippen LogP contribution is -2.47. The largest absolute Gasteiger partial charge is 0.394 e. The molecular formula is C14H29NO3. The normalized spacial score (nSPS) is 19.2. The Balaban J connectivity index is 1.97. The molecule has 108 valence electrons. The Bertz CT molecular complexity index is 219. The van der Waals surface area contributed by atoms with Gasteiger partial charge in [0.2, 0.25) is 0 Å². The van der Waals surface area contributed by atoms with E-state index in [-0.39, 0.29) is 18.2 Å². The fourth-order valence-corrected chi connectivity index (χ4v) is 1.93. The van der Waals surface area contributed by atoms with Crippen molar-refractivity contribution in [3.05, 3.63) is 0 Å². The summed E-state index contributed by atoms with van der Waals surface area (Å²) in [4.78, 5) is 0. The summed E-state index contributed by atoms with van der Waals surface area (Å²) >= 11 is 0. The highest BCUT2D eigenvalue weighted by Crippen LogP contribution is 2.24. The van der Waals surface area contributed by atoms with E-state index in [2.05, 4.69) is 12.2 Å². The van der Waals surface area contributed by atoms with Gasteiger partial charge in [0, 0.05) is 18.2 Å². The highest BCUT2D eigenvalue weighted by molar-refractivity contribution is 4.92. The van der Waals surface area contributed by atoms with Gasteiger partial charge in [0.1, 0.15) is 0 Å². The van der Waals surface area contributed by atoms with Gasteiger partial charge in [0.25, 0.3) is 0 Å². The molecule has 4 nitrogen and oxygen atoms in total. The van der Waals surface area contributed by atoms with Crippen molar-refractivity contribution in [2.45, 2.75) is 64.1 Å². The molecule has 1 atom stereocenters. The molecule has 2 N–H and O–H groups in total. The third-order valence-corrected chi connectivity index (χ3v) is 3.17. The van der Waals surface area contributed by atoms with Gasteiger partial charge in [0.05, 0.1) is 25.9 Å². The molecule has 0 amide bonds. The lowest BCUT2D eigenvalue weighted by atomic mass is 9.97. The van der Waals surface area contributed by atoms with E-state index in [4.69, 9.17) is 9.47 Å². The summed E-state index contributed by atoms with van der Waals surface area (Å²) in [5, 5.41) is 12.9. The van der Waals surface area contributed by atoms with Crippen molar-refractivity contribution < 1.29 is 14.6 Å². The van der Waals surface area contributed by atoms with E-state index in [0.29, 0.717) is 19.3 Å². The lowest BCUT2D eigenvalue weighted by Gasteiger charge is -2.29. The fourth-order valence-electron chi connectivity index (χ4n) is 1.93. The summed E-state index contributed by atoms with van der Waals surface area (Å²) in [5.41, 5.74) is -0.140. The van der Waals surface area contributed by atoms with E-state index in [9.17, 15) is 5.11 Å². The Morgan fingerprint density at radius 2 is 2.00 bits per heavy atom. The van der Waals surface area contributed by atoms with E-state index in [1.807, 2.05) is 13.8 Å². The predicted molar refractivity (Wildman–Crippen MR) is 72.8 cm³/mol. The first-order valence-corrected chi connectivity index (χ1v) is 7.13. The third kappa shape index (κ3) is 7.31. The van der Waals surface area contributed by atoms with Crippen molar-refractivity contribution >= 4 is 0 Å². The van der Waals surface area contributed by atoms with Crippen LogP contribution >= 0.6 is 0 Å². The Morgan fingerprint density at radius 3 is 2.56 bits per heavy atom. The fraction of sp³-hybridized carbons (Fsp3) is 1.00. The molecule has 0 saturated heterocycles. The monoisotopic (exact) mass is 259 g/mol. The van der Waals surface area contributed by atoms with Crippen molar-refractivity contribution in [3.63, 3.8) is 0 Å². The summed E-state index contributed by atoms with van der Waals surface area (Å²) in [6, 6.07) is 0.627. The zero-order chi connectivity index (χ0) is 13.4. The van der Waals surface area contributed by atoms with Crippen LogP contribution in [0.3, 0.4) is 0 Å². The molecule has 0 spiro atoms. The number of hydrogen-bond donors (Lipinski definition) is 2. The molecule has 1 rings (SSSR count). The van der Waals surface area contributed by atoms with E-state index in [1.165, 1.54) is 12.8 Å². The average molecular weight is 259 g/mol. The van der Waals surface area contributed by atoms with E-state index in [1.54, 1.807) is 0 Å². The first kappa shape index (κ1) is 15.9. The molecule has 18 heavy (non-hydrogen) atoms. The minimum atomic E-state index is -0.140. The van der Waals surface area contributed by atoms with Crippen LogP contribution in [-0.4, -0.2) is 49.2 Å². The molecule has 1 unspecified atom stereocenters. The molecule has 0 aromatic carbocycles. The van der Waals surface area contributed by atoms with Crippen molar-refractivity contribution in [2.24, 2.45) is 0 Å². The van der Waals surface area contributed by atoms with E-state index >= 15 is 0 Å². The molecule has 0 bridgehead atoms. The summed E-state index contributed by atoms with van der Waals surface area (Å²) < 4.78 is 10.9. The molecular weight excluding hydrogens is 230 g/mol. The van der Waals surface area contributed by atoms with Crippen LogP contribution in [0, 0.1) is 0 Å². The zero-order valence-electron chi connectivity index (χ0n) is 12.1. The van der Waals surface area contributed by atoms with Crippen molar-refractivity contribution in [1.82, 2.24) is 5.32 Å². The molecule has 0 heterocycles. The molecule has 1 fully saturated rings. The van der Waals surface area contributed by atoms with Gasteiger partial charge in [-0.15, -0.1) is 0 Å². The Kier molecular flexibility index (Phi) is 7.15. The number of rotatable bonds is 11. The average Bonchev–Trinajstić information content (AvgIpc) is 3.11. The van der Waals surface area contributed by atoms with Gasteiger partial charge in [0.15, 0.2) is 0 Å². The van der Waals surface area contributed by atoms with Crippen LogP contribution in [0.25, 0.3) is 0 Å². The van der Waals surface area contributed by atoms with Gasteiger partial charge in [-0.3, -0.25) is 0 Å². The molecule has 1 aliphatic carbocycles. The second-order valence-corrected chi connectivity index (χ2v) is 5.77. The Labute approximate surface area is 111 Å². The quantitative estimate of drug-likeness (QED) is 0.555. The number of nitrogens with one attached hydrogen (secondary N) is 1. The van der Waals surface area contributed by atoms with Crippen LogP contribution in [0.5, 0.6) is 0 Å². The summed E-state index contributed by atoms with van der Waals surface area (Å²) in [7, 11) is 0. The minimum Gasteiger partial charge on any atom is -0.394 e. The van der Waals surface area contributed by atoms with Crippen LogP contribution < -0.4 is 5.32 Å². The topological polar surface area (TPSA) is 50.7 Å². The molecule has 0 aromatic rings. The predicted octanol–water partition coefficient (Wildman–Crippen LogP) is 1.71. The van der Waals surface area contributed by atoms with Gasteiger partial charge in [-0.2, -0.15) is 0 Å². The standard InChI is InChI=1S/C14H29NO3/c1-12(2)18-10-9-17-8-4-7-14(3,11-16)15-13-5-6-13/h12-13,15-16H,4-11H2,1-3H3. The van der Waals surface area contributed by atoms with Crippen molar-refractivity contribution in [2.75, 3.05) is 26.4 Å². The van der Waals surface area contributed by atoms with E-state index in [0.717, 1.165) is 19.4 Å². The van der Waals surface area contributed by atoms with Gasteiger partial charge in [-0.25, -0.2) is 0 Å². The Morgan fingerprint density at radius 1 is 1.28 bits per heavy atom. The highest BCUT2D eigenvalue weighted by atomic mass is 16.5. The van der Waals surface area contributed by atoms with Crippen molar-refractivity contribution in [1.29, 1.82) is 0 Å². The Hall–Kier alpha value is -0.160. The zero-order valence-corrected chi connectivity index (χ0v) is 12.1. The molecule has 0 aromatic heterocycles. The molecule has 1 aliphatic rings. The third-order valence-electron chi connectivity index (χ3n) is 3.17. The first-order valence-electron chi connectivity index (χ1n) is 7.13. The summed E-state index contributed by atoms with van der Waals surface area (Å²) in [6.45, 7) is 8.39. The second kappa shape index (κ2) is 8.10. The van der Waals surface area contributed by atoms with Crippen molar-refractivity contribution in [3.8, 4) is 0 Å². The number of aliphatic hydroxyl groups excluding tert-OH is 1. The molecule has 0 radical (unpaired) electrons. The van der Waals surface area contributed by atoms with Gasteiger partial charge in [-0.1, -0.05) is 0 Å². The van der Waals surface area contributed by atoms with Crippen LogP contribution in [0.1, 0.15) is 46.5 Å². The van der Waals surface area contributed by atoms with Crippen LogP contribution in [0.15, 0.2) is 0 Å². The van der Waals surface area contributed by atoms with E-state index < -0.39 is 0 Å². The smallest absolute Gasteiger partial charge is 0.0703 e.